The Morgan fingerprint density at radius 2 is 1.77 bits per heavy atom. The van der Waals surface area contributed by atoms with Crippen molar-refractivity contribution in [3.8, 4) is 0 Å². The molecule has 5 aliphatic carbocycles. The summed E-state index contributed by atoms with van der Waals surface area (Å²) < 4.78 is 5.56. The third-order valence-corrected chi connectivity index (χ3v) is 14.6. The molecule has 14 unspecified atom stereocenters. The highest BCUT2D eigenvalue weighted by Crippen LogP contribution is 2.75. The van der Waals surface area contributed by atoms with Crippen molar-refractivity contribution < 1.29 is 25.2 Å². The van der Waals surface area contributed by atoms with Crippen LogP contribution in [-0.2, 0) is 4.74 Å². The lowest BCUT2D eigenvalue weighted by Gasteiger charge is -2.70. The molecule has 6 rings (SSSR count). The van der Waals surface area contributed by atoms with E-state index in [0.717, 1.165) is 25.7 Å². The van der Waals surface area contributed by atoms with Crippen molar-refractivity contribution in [2.75, 3.05) is 13.2 Å². The molecular weight excluding hydrogens is 488 g/mol. The maximum absolute atomic E-state index is 11.2. The molecule has 39 heavy (non-hydrogen) atoms. The number of hydrogen-bond donors (Lipinski definition) is 4. The summed E-state index contributed by atoms with van der Waals surface area (Å²) in [6, 6.07) is 0. The summed E-state index contributed by atoms with van der Waals surface area (Å²) in [6.45, 7) is 12.5. The first kappa shape index (κ1) is 28.6. The van der Waals surface area contributed by atoms with Crippen molar-refractivity contribution in [2.24, 2.45) is 57.2 Å². The Morgan fingerprint density at radius 3 is 2.46 bits per heavy atom. The van der Waals surface area contributed by atoms with Crippen LogP contribution in [0.5, 0.6) is 0 Å². The Bertz CT molecular complexity index is 965. The normalized spacial score (nSPS) is 54.3. The second-order valence-corrected chi connectivity index (χ2v) is 16.0. The summed E-state index contributed by atoms with van der Waals surface area (Å²) in [5, 5.41) is 41.9. The molecule has 0 radical (unpaired) electrons. The van der Waals surface area contributed by atoms with Crippen LogP contribution in [0.2, 0.25) is 0 Å². The van der Waals surface area contributed by atoms with Crippen LogP contribution in [0, 0.1) is 57.2 Å². The summed E-state index contributed by atoms with van der Waals surface area (Å²) >= 11 is 0. The number of hydrogen-bond acceptors (Lipinski definition) is 5. The van der Waals surface area contributed by atoms with Crippen LogP contribution < -0.4 is 0 Å². The Labute approximate surface area is 236 Å². The SMILES string of the molecule is CC1CCCC2(CC(CO)C(O)C3OC3CO)CCC3(C)C(=CCC4C5(C)CCC(O)C(C)C5CCC43C)C12. The molecule has 0 aromatic rings. The second-order valence-electron chi connectivity index (χ2n) is 16.0. The minimum Gasteiger partial charge on any atom is -0.396 e. The van der Waals surface area contributed by atoms with E-state index in [2.05, 4.69) is 40.7 Å². The van der Waals surface area contributed by atoms with Gasteiger partial charge in [0.2, 0.25) is 0 Å². The summed E-state index contributed by atoms with van der Waals surface area (Å²) in [7, 11) is 0. The lowest BCUT2D eigenvalue weighted by molar-refractivity contribution is -0.182. The van der Waals surface area contributed by atoms with Crippen molar-refractivity contribution >= 4 is 0 Å². The highest BCUT2D eigenvalue weighted by Gasteiger charge is 2.67. The largest absolute Gasteiger partial charge is 0.396 e. The van der Waals surface area contributed by atoms with E-state index >= 15 is 0 Å². The highest BCUT2D eigenvalue weighted by molar-refractivity contribution is 5.33. The first-order valence-corrected chi connectivity index (χ1v) is 16.4. The molecule has 4 saturated carbocycles. The molecule has 4 N–H and O–H groups in total. The standard InChI is InChI=1S/C34H56O5/c1-20-7-6-12-34(17-22(18-35)29(38)30-26(19-36)39-30)16-15-32(4)24(28(20)34)8-9-27-31(3)13-11-25(37)21(2)23(31)10-14-33(27,32)5/h8,20-23,25-30,35-38H,6-7,9-19H2,1-5H3. The average Bonchev–Trinajstić information content (AvgIpc) is 3.70. The molecule has 5 heteroatoms. The molecule has 1 saturated heterocycles. The van der Waals surface area contributed by atoms with Crippen LogP contribution in [0.25, 0.3) is 0 Å². The van der Waals surface area contributed by atoms with E-state index in [1.807, 2.05) is 0 Å². The van der Waals surface area contributed by atoms with E-state index in [0.29, 0.717) is 35.0 Å². The predicted octanol–water partition coefficient (Wildman–Crippen LogP) is 5.49. The van der Waals surface area contributed by atoms with Gasteiger partial charge in [0, 0.05) is 12.5 Å². The van der Waals surface area contributed by atoms with Crippen molar-refractivity contribution in [3.05, 3.63) is 11.6 Å². The maximum Gasteiger partial charge on any atom is 0.113 e. The van der Waals surface area contributed by atoms with Crippen molar-refractivity contribution in [1.29, 1.82) is 0 Å². The third-order valence-electron chi connectivity index (χ3n) is 14.6. The topological polar surface area (TPSA) is 93.5 Å². The van der Waals surface area contributed by atoms with E-state index in [4.69, 9.17) is 4.74 Å². The van der Waals surface area contributed by atoms with Gasteiger partial charge in [-0.3, -0.25) is 0 Å². The molecule has 5 fully saturated rings. The van der Waals surface area contributed by atoms with E-state index in [1.165, 1.54) is 44.9 Å². The van der Waals surface area contributed by atoms with E-state index < -0.39 is 6.10 Å². The minimum absolute atomic E-state index is 0.0259. The van der Waals surface area contributed by atoms with Gasteiger partial charge >= 0.3 is 0 Å². The third kappa shape index (κ3) is 4.02. The summed E-state index contributed by atoms with van der Waals surface area (Å²) in [5.41, 5.74) is 2.57. The maximum atomic E-state index is 11.2. The van der Waals surface area contributed by atoms with E-state index in [1.54, 1.807) is 5.57 Å². The number of aliphatic hydroxyl groups is 4. The summed E-state index contributed by atoms with van der Waals surface area (Å²) in [5.74, 6) is 2.59. The Balaban J connectivity index is 1.34. The van der Waals surface area contributed by atoms with Crippen LogP contribution in [0.1, 0.15) is 105 Å². The van der Waals surface area contributed by atoms with Gasteiger partial charge < -0.3 is 25.2 Å². The minimum atomic E-state index is -0.714. The fraction of sp³-hybridized carbons (Fsp3) is 0.941. The van der Waals surface area contributed by atoms with Gasteiger partial charge in [-0.05, 0) is 109 Å². The van der Waals surface area contributed by atoms with Gasteiger partial charge in [0.15, 0.2) is 0 Å². The molecule has 6 aliphatic rings. The number of epoxide rings is 1. The lowest BCUT2D eigenvalue weighted by Crippen LogP contribution is -2.63. The van der Waals surface area contributed by atoms with Crippen LogP contribution >= 0.6 is 0 Å². The van der Waals surface area contributed by atoms with Gasteiger partial charge in [-0.15, -0.1) is 0 Å². The van der Waals surface area contributed by atoms with Gasteiger partial charge in [-0.1, -0.05) is 59.1 Å². The first-order valence-electron chi connectivity index (χ1n) is 16.4. The molecule has 1 aliphatic heterocycles. The fourth-order valence-electron chi connectivity index (χ4n) is 12.2. The first-order chi connectivity index (χ1) is 18.5. The van der Waals surface area contributed by atoms with Crippen molar-refractivity contribution in [1.82, 2.24) is 0 Å². The number of rotatable bonds is 6. The lowest BCUT2D eigenvalue weighted by atomic mass is 9.34. The molecule has 1 heterocycles. The zero-order valence-corrected chi connectivity index (χ0v) is 25.2. The Kier molecular flexibility index (Phi) is 7.19. The molecule has 0 bridgehead atoms. The smallest absolute Gasteiger partial charge is 0.113 e. The van der Waals surface area contributed by atoms with Crippen LogP contribution in [0.3, 0.4) is 0 Å². The zero-order chi connectivity index (χ0) is 28.0. The van der Waals surface area contributed by atoms with E-state index in [9.17, 15) is 20.4 Å². The molecule has 222 valence electrons. The van der Waals surface area contributed by atoms with Gasteiger partial charge in [0.1, 0.15) is 12.2 Å². The molecule has 0 amide bonds. The quantitative estimate of drug-likeness (QED) is 0.262. The molecule has 14 atom stereocenters. The van der Waals surface area contributed by atoms with Gasteiger partial charge in [-0.2, -0.15) is 0 Å². The average molecular weight is 545 g/mol. The molecule has 0 spiro atoms. The Hall–Kier alpha value is -0.460. The number of allylic oxidation sites excluding steroid dienone is 2. The summed E-state index contributed by atoms with van der Waals surface area (Å²) in [6.07, 6.45) is 13.9. The zero-order valence-electron chi connectivity index (χ0n) is 25.2. The Morgan fingerprint density at radius 1 is 1.00 bits per heavy atom. The molecule has 0 aromatic heterocycles. The molecular formula is C34H56O5. The molecule has 5 nitrogen and oxygen atoms in total. The number of fused-ring (bicyclic) bond motifs is 7. The fourth-order valence-corrected chi connectivity index (χ4v) is 12.2. The highest BCUT2D eigenvalue weighted by atomic mass is 16.6. The monoisotopic (exact) mass is 544 g/mol. The number of aliphatic hydroxyl groups excluding tert-OH is 4. The van der Waals surface area contributed by atoms with Gasteiger partial charge in [0.05, 0.1) is 18.8 Å². The van der Waals surface area contributed by atoms with Crippen molar-refractivity contribution in [3.63, 3.8) is 0 Å². The summed E-state index contributed by atoms with van der Waals surface area (Å²) in [4.78, 5) is 0. The van der Waals surface area contributed by atoms with Crippen LogP contribution in [-0.4, -0.2) is 58.1 Å². The predicted molar refractivity (Wildman–Crippen MR) is 153 cm³/mol. The second kappa shape index (κ2) is 9.79. The molecule has 0 aromatic carbocycles. The van der Waals surface area contributed by atoms with Crippen LogP contribution in [0.15, 0.2) is 11.6 Å². The van der Waals surface area contributed by atoms with Gasteiger partial charge in [0.25, 0.3) is 0 Å². The van der Waals surface area contributed by atoms with Crippen LogP contribution in [0.4, 0.5) is 0 Å². The van der Waals surface area contributed by atoms with E-state index in [-0.39, 0.29) is 53.7 Å². The van der Waals surface area contributed by atoms with Crippen molar-refractivity contribution in [2.45, 2.75) is 130 Å². The number of ether oxygens (including phenoxy) is 1. The van der Waals surface area contributed by atoms with Gasteiger partial charge in [-0.25, -0.2) is 0 Å².